The Kier molecular flexibility index (Phi) is 6.02. The highest BCUT2D eigenvalue weighted by molar-refractivity contribution is 5.78. The molecule has 0 radical (unpaired) electrons. The van der Waals surface area contributed by atoms with Crippen LogP contribution in [0.5, 0.6) is 0 Å². The van der Waals surface area contributed by atoms with Gasteiger partial charge in [-0.25, -0.2) is 0 Å². The lowest BCUT2D eigenvalue weighted by atomic mass is 9.66. The highest BCUT2D eigenvalue weighted by Crippen LogP contribution is 2.44. The van der Waals surface area contributed by atoms with Gasteiger partial charge in [0.15, 0.2) is 0 Å². The van der Waals surface area contributed by atoms with Crippen LogP contribution in [0.1, 0.15) is 26.2 Å². The summed E-state index contributed by atoms with van der Waals surface area (Å²) in [6, 6.07) is 0. The Morgan fingerprint density at radius 2 is 2.05 bits per heavy atom. The third-order valence-electron chi connectivity index (χ3n) is 5.02. The van der Waals surface area contributed by atoms with Gasteiger partial charge >= 0.3 is 0 Å². The van der Waals surface area contributed by atoms with E-state index >= 15 is 0 Å². The average molecular weight is 298 g/mol. The predicted octanol–water partition coefficient (Wildman–Crippen LogP) is 1.23. The number of likely N-dealkylation sites (N-methyl/N-ethyl adjacent to an activating group) is 1. The van der Waals surface area contributed by atoms with Crippen molar-refractivity contribution < 1.29 is 14.3 Å². The summed E-state index contributed by atoms with van der Waals surface area (Å²) in [6.45, 7) is 7.55. The zero-order valence-electron chi connectivity index (χ0n) is 13.8. The first-order chi connectivity index (χ1) is 10.1. The van der Waals surface area contributed by atoms with E-state index in [0.717, 1.165) is 58.8 Å². The fourth-order valence-electron chi connectivity index (χ4n) is 3.60. The summed E-state index contributed by atoms with van der Waals surface area (Å²) in [4.78, 5) is 16.1. The zero-order valence-corrected chi connectivity index (χ0v) is 13.8. The fraction of sp³-hybridized carbons (Fsp3) is 0.938. The van der Waals surface area contributed by atoms with Crippen LogP contribution in [0.15, 0.2) is 0 Å². The lowest BCUT2D eigenvalue weighted by molar-refractivity contribution is -0.139. The molecule has 21 heavy (non-hydrogen) atoms. The maximum Gasteiger partial charge on any atom is 0.236 e. The van der Waals surface area contributed by atoms with Crippen molar-refractivity contribution in [3.8, 4) is 0 Å². The number of piperidine rings is 1. The second-order valence-corrected chi connectivity index (χ2v) is 6.66. The number of carbonyl (C=O) groups is 1. The first-order valence-corrected chi connectivity index (χ1v) is 8.15. The first kappa shape index (κ1) is 16.7. The van der Waals surface area contributed by atoms with Gasteiger partial charge in [0.25, 0.3) is 0 Å². The van der Waals surface area contributed by atoms with Crippen molar-refractivity contribution in [2.45, 2.75) is 26.2 Å². The van der Waals surface area contributed by atoms with Crippen molar-refractivity contribution in [2.75, 3.05) is 60.2 Å². The van der Waals surface area contributed by atoms with Crippen LogP contribution < -0.4 is 0 Å². The van der Waals surface area contributed by atoms with Gasteiger partial charge < -0.3 is 19.3 Å². The van der Waals surface area contributed by atoms with E-state index in [4.69, 9.17) is 9.47 Å². The van der Waals surface area contributed by atoms with Gasteiger partial charge in [0.1, 0.15) is 0 Å². The van der Waals surface area contributed by atoms with Gasteiger partial charge in [0, 0.05) is 32.2 Å². The van der Waals surface area contributed by atoms with Crippen LogP contribution in [0.25, 0.3) is 0 Å². The van der Waals surface area contributed by atoms with Crippen LogP contribution in [0.4, 0.5) is 0 Å². The molecule has 0 N–H and O–H groups in total. The number of carbonyl (C=O) groups excluding carboxylic acids is 1. The van der Waals surface area contributed by atoms with Crippen molar-refractivity contribution in [1.82, 2.24) is 9.80 Å². The van der Waals surface area contributed by atoms with E-state index in [1.165, 1.54) is 0 Å². The van der Waals surface area contributed by atoms with Crippen molar-refractivity contribution >= 4 is 5.91 Å². The van der Waals surface area contributed by atoms with E-state index in [2.05, 4.69) is 0 Å². The molecule has 5 nitrogen and oxygen atoms in total. The molecule has 0 aromatic carbocycles. The zero-order chi connectivity index (χ0) is 15.3. The van der Waals surface area contributed by atoms with E-state index in [9.17, 15) is 4.79 Å². The number of rotatable bonds is 5. The molecule has 2 heterocycles. The van der Waals surface area contributed by atoms with Gasteiger partial charge in [-0.15, -0.1) is 0 Å². The van der Waals surface area contributed by atoms with Crippen molar-refractivity contribution in [1.29, 1.82) is 0 Å². The second kappa shape index (κ2) is 7.56. The molecule has 2 aliphatic heterocycles. The molecule has 1 amide bonds. The lowest BCUT2D eigenvalue weighted by Gasteiger charge is -2.49. The standard InChI is InChI=1S/C16H30N2O3/c1-4-20-12-14-13-21-10-7-16(14)5-8-18(9-6-16)15(19)11-17(2)3/h14H,4-13H2,1-3H3/t14-/m0/s1. The summed E-state index contributed by atoms with van der Waals surface area (Å²) in [7, 11) is 3.89. The first-order valence-electron chi connectivity index (χ1n) is 8.15. The number of likely N-dealkylation sites (tertiary alicyclic amines) is 1. The monoisotopic (exact) mass is 298 g/mol. The Balaban J connectivity index is 1.91. The van der Waals surface area contributed by atoms with Gasteiger partial charge in [-0.05, 0) is 45.7 Å². The highest BCUT2D eigenvalue weighted by Gasteiger charge is 2.44. The van der Waals surface area contributed by atoms with Gasteiger partial charge in [-0.3, -0.25) is 4.79 Å². The Labute approximate surface area is 128 Å². The Hall–Kier alpha value is -0.650. The van der Waals surface area contributed by atoms with E-state index in [-0.39, 0.29) is 5.91 Å². The van der Waals surface area contributed by atoms with Gasteiger partial charge in [-0.1, -0.05) is 0 Å². The smallest absolute Gasteiger partial charge is 0.236 e. The van der Waals surface area contributed by atoms with E-state index < -0.39 is 0 Å². The highest BCUT2D eigenvalue weighted by atomic mass is 16.5. The van der Waals surface area contributed by atoms with Crippen molar-refractivity contribution in [3.63, 3.8) is 0 Å². The molecule has 0 aromatic heterocycles. The van der Waals surface area contributed by atoms with Crippen molar-refractivity contribution in [3.05, 3.63) is 0 Å². The summed E-state index contributed by atoms with van der Waals surface area (Å²) in [5.74, 6) is 0.737. The Morgan fingerprint density at radius 3 is 2.67 bits per heavy atom. The van der Waals surface area contributed by atoms with Crippen LogP contribution in [0, 0.1) is 11.3 Å². The molecule has 1 spiro atoms. The maximum absolute atomic E-state index is 12.2. The third-order valence-corrected chi connectivity index (χ3v) is 5.02. The van der Waals surface area contributed by atoms with Crippen LogP contribution >= 0.6 is 0 Å². The summed E-state index contributed by atoms with van der Waals surface area (Å²) < 4.78 is 11.3. The number of hydrogen-bond donors (Lipinski definition) is 0. The van der Waals surface area contributed by atoms with Crippen LogP contribution in [-0.2, 0) is 14.3 Å². The minimum absolute atomic E-state index is 0.253. The van der Waals surface area contributed by atoms with Crippen LogP contribution in [0.2, 0.25) is 0 Å². The molecule has 0 aliphatic carbocycles. The Morgan fingerprint density at radius 1 is 1.33 bits per heavy atom. The summed E-state index contributed by atoms with van der Waals surface area (Å²) in [5.41, 5.74) is 0.322. The third kappa shape index (κ3) is 4.18. The van der Waals surface area contributed by atoms with E-state index in [1.807, 2.05) is 30.8 Å². The molecule has 2 saturated heterocycles. The van der Waals surface area contributed by atoms with Gasteiger partial charge in [0.2, 0.25) is 5.91 Å². The minimum Gasteiger partial charge on any atom is -0.381 e. The minimum atomic E-state index is 0.253. The van der Waals surface area contributed by atoms with Crippen molar-refractivity contribution in [2.24, 2.45) is 11.3 Å². The average Bonchev–Trinajstić information content (AvgIpc) is 2.46. The molecular formula is C16H30N2O3. The maximum atomic E-state index is 12.2. The fourth-order valence-corrected chi connectivity index (χ4v) is 3.60. The molecule has 0 aromatic rings. The molecule has 0 saturated carbocycles. The number of hydrogen-bond acceptors (Lipinski definition) is 4. The van der Waals surface area contributed by atoms with Crippen LogP contribution in [-0.4, -0.2) is 75.9 Å². The van der Waals surface area contributed by atoms with Crippen LogP contribution in [0.3, 0.4) is 0 Å². The second-order valence-electron chi connectivity index (χ2n) is 6.66. The molecule has 2 fully saturated rings. The van der Waals surface area contributed by atoms with Gasteiger partial charge in [-0.2, -0.15) is 0 Å². The van der Waals surface area contributed by atoms with E-state index in [1.54, 1.807) is 0 Å². The summed E-state index contributed by atoms with van der Waals surface area (Å²) >= 11 is 0. The summed E-state index contributed by atoms with van der Waals surface area (Å²) in [5, 5.41) is 0. The Bertz CT molecular complexity index is 338. The van der Waals surface area contributed by atoms with Gasteiger partial charge in [0.05, 0.1) is 19.8 Å². The molecule has 5 heteroatoms. The topological polar surface area (TPSA) is 42.0 Å². The SMILES string of the molecule is CCOC[C@H]1COCCC12CCN(C(=O)CN(C)C)CC2. The largest absolute Gasteiger partial charge is 0.381 e. The molecular weight excluding hydrogens is 268 g/mol. The number of ether oxygens (including phenoxy) is 2. The molecule has 1 atom stereocenters. The molecule has 0 unspecified atom stereocenters. The molecule has 0 bridgehead atoms. The summed E-state index contributed by atoms with van der Waals surface area (Å²) in [6.07, 6.45) is 3.29. The number of nitrogens with zero attached hydrogens (tertiary/aromatic N) is 2. The number of amides is 1. The predicted molar refractivity (Wildman–Crippen MR) is 82.2 cm³/mol. The molecule has 2 aliphatic rings. The quantitative estimate of drug-likeness (QED) is 0.765. The molecule has 2 rings (SSSR count). The van der Waals surface area contributed by atoms with E-state index in [0.29, 0.717) is 17.9 Å². The molecule has 122 valence electrons. The lowest BCUT2D eigenvalue weighted by Crippen LogP contribution is -2.51. The normalized spacial score (nSPS) is 25.5.